The lowest BCUT2D eigenvalue weighted by atomic mass is 10.3. The third-order valence-corrected chi connectivity index (χ3v) is 9.59. The van der Waals surface area contributed by atoms with Crippen LogP contribution in [0.25, 0.3) is 0 Å². The van der Waals surface area contributed by atoms with Gasteiger partial charge in [0, 0.05) is 18.8 Å². The van der Waals surface area contributed by atoms with Crippen LogP contribution in [-0.2, 0) is 24.8 Å². The standard InChI is InChI=1S/C25H26FN3O6S2/c1-35-22-10-8-21(9-11-22)29(37(33,34)24-12-4-19(26)5-13-24)18-25(30)27-20-6-14-23(15-7-20)36(31,32)28-16-2-3-17-28/h4-15H,2-3,16-18H2,1H3,(H,27,30). The van der Waals surface area contributed by atoms with E-state index in [1.807, 2.05) is 0 Å². The summed E-state index contributed by atoms with van der Waals surface area (Å²) in [7, 11) is -6.37. The molecule has 0 bridgehead atoms. The highest BCUT2D eigenvalue weighted by Gasteiger charge is 2.29. The Hall–Kier alpha value is -3.48. The van der Waals surface area contributed by atoms with Crippen molar-refractivity contribution in [3.05, 3.63) is 78.6 Å². The van der Waals surface area contributed by atoms with Crippen molar-refractivity contribution in [1.29, 1.82) is 0 Å². The number of nitrogens with one attached hydrogen (secondary N) is 1. The molecule has 1 N–H and O–H groups in total. The molecule has 1 aliphatic rings. The monoisotopic (exact) mass is 547 g/mol. The second kappa shape index (κ2) is 10.9. The first kappa shape index (κ1) is 26.6. The average molecular weight is 548 g/mol. The van der Waals surface area contributed by atoms with Crippen LogP contribution in [0, 0.1) is 5.82 Å². The Bertz CT molecular complexity index is 1450. The molecule has 0 aliphatic carbocycles. The molecule has 4 rings (SSSR count). The van der Waals surface area contributed by atoms with Crippen LogP contribution in [0.2, 0.25) is 0 Å². The van der Waals surface area contributed by atoms with Crippen molar-refractivity contribution in [2.24, 2.45) is 0 Å². The molecule has 1 aliphatic heterocycles. The van der Waals surface area contributed by atoms with Crippen molar-refractivity contribution in [2.45, 2.75) is 22.6 Å². The zero-order valence-corrected chi connectivity index (χ0v) is 21.6. The number of benzene rings is 3. The molecular weight excluding hydrogens is 521 g/mol. The number of methoxy groups -OCH3 is 1. The molecule has 1 saturated heterocycles. The maximum Gasteiger partial charge on any atom is 0.264 e. The number of sulfonamides is 2. The predicted molar refractivity (Wildman–Crippen MR) is 137 cm³/mol. The number of carbonyl (C=O) groups is 1. The largest absolute Gasteiger partial charge is 0.497 e. The van der Waals surface area contributed by atoms with Gasteiger partial charge in [0.15, 0.2) is 0 Å². The highest BCUT2D eigenvalue weighted by molar-refractivity contribution is 7.92. The van der Waals surface area contributed by atoms with Gasteiger partial charge in [-0.25, -0.2) is 21.2 Å². The topological polar surface area (TPSA) is 113 Å². The maximum atomic E-state index is 13.4. The van der Waals surface area contributed by atoms with E-state index < -0.39 is 38.3 Å². The first-order valence-corrected chi connectivity index (χ1v) is 14.3. The summed E-state index contributed by atoms with van der Waals surface area (Å²) < 4.78 is 73.1. The van der Waals surface area contributed by atoms with Gasteiger partial charge in [0.1, 0.15) is 18.1 Å². The minimum absolute atomic E-state index is 0.117. The zero-order valence-electron chi connectivity index (χ0n) is 20.0. The number of halogens is 1. The second-order valence-electron chi connectivity index (χ2n) is 8.35. The molecule has 1 heterocycles. The van der Waals surface area contributed by atoms with E-state index in [0.717, 1.165) is 41.4 Å². The normalized spacial score (nSPS) is 14.3. The molecule has 1 fully saturated rings. The lowest BCUT2D eigenvalue weighted by Gasteiger charge is -2.24. The molecule has 0 radical (unpaired) electrons. The number of hydrogen-bond donors (Lipinski definition) is 1. The van der Waals surface area contributed by atoms with Crippen LogP contribution >= 0.6 is 0 Å². The number of anilines is 2. The number of nitrogens with zero attached hydrogens (tertiary/aromatic N) is 2. The molecule has 0 unspecified atom stereocenters. The Morgan fingerprint density at radius 3 is 2.03 bits per heavy atom. The third-order valence-electron chi connectivity index (χ3n) is 5.89. The molecule has 196 valence electrons. The lowest BCUT2D eigenvalue weighted by molar-refractivity contribution is -0.114. The van der Waals surface area contributed by atoms with Gasteiger partial charge in [0.25, 0.3) is 10.0 Å². The number of ether oxygens (including phenoxy) is 1. The van der Waals surface area contributed by atoms with Gasteiger partial charge in [0.2, 0.25) is 15.9 Å². The van der Waals surface area contributed by atoms with Gasteiger partial charge in [-0.3, -0.25) is 9.10 Å². The summed E-state index contributed by atoms with van der Waals surface area (Å²) >= 11 is 0. The number of carbonyl (C=O) groups excluding carboxylic acids is 1. The average Bonchev–Trinajstić information content (AvgIpc) is 3.44. The molecular formula is C25H26FN3O6S2. The first-order chi connectivity index (χ1) is 17.6. The summed E-state index contributed by atoms with van der Waals surface area (Å²) in [5.41, 5.74) is 0.506. The quantitative estimate of drug-likeness (QED) is 0.439. The predicted octanol–water partition coefficient (Wildman–Crippen LogP) is 3.45. The Morgan fingerprint density at radius 2 is 1.46 bits per heavy atom. The van der Waals surface area contributed by atoms with Crippen molar-refractivity contribution < 1.29 is 30.8 Å². The molecule has 3 aromatic carbocycles. The highest BCUT2D eigenvalue weighted by atomic mass is 32.2. The van der Waals surface area contributed by atoms with Crippen LogP contribution in [0.1, 0.15) is 12.8 Å². The van der Waals surface area contributed by atoms with Crippen LogP contribution in [-0.4, -0.2) is 53.8 Å². The summed E-state index contributed by atoms with van der Waals surface area (Å²) in [5.74, 6) is -0.754. The fourth-order valence-electron chi connectivity index (χ4n) is 3.92. The second-order valence-corrected chi connectivity index (χ2v) is 12.1. The molecule has 12 heteroatoms. The van der Waals surface area contributed by atoms with Gasteiger partial charge < -0.3 is 10.1 Å². The van der Waals surface area contributed by atoms with E-state index in [9.17, 15) is 26.0 Å². The fraction of sp³-hybridized carbons (Fsp3) is 0.240. The Kier molecular flexibility index (Phi) is 7.81. The Morgan fingerprint density at radius 1 is 0.892 bits per heavy atom. The van der Waals surface area contributed by atoms with E-state index in [-0.39, 0.29) is 15.5 Å². The van der Waals surface area contributed by atoms with E-state index in [1.54, 1.807) is 12.1 Å². The summed E-state index contributed by atoms with van der Waals surface area (Å²) in [4.78, 5) is 12.8. The molecule has 37 heavy (non-hydrogen) atoms. The third kappa shape index (κ3) is 5.92. The molecule has 0 saturated carbocycles. The van der Waals surface area contributed by atoms with Crippen molar-refractivity contribution >= 4 is 37.3 Å². The first-order valence-electron chi connectivity index (χ1n) is 11.4. The maximum absolute atomic E-state index is 13.4. The molecule has 0 atom stereocenters. The van der Waals surface area contributed by atoms with E-state index in [4.69, 9.17) is 4.74 Å². The number of rotatable bonds is 9. The van der Waals surface area contributed by atoms with Crippen LogP contribution < -0.4 is 14.4 Å². The Labute approximate surface area is 215 Å². The lowest BCUT2D eigenvalue weighted by Crippen LogP contribution is -2.38. The van der Waals surface area contributed by atoms with Crippen molar-refractivity contribution in [3.8, 4) is 5.75 Å². The summed E-state index contributed by atoms with van der Waals surface area (Å²) in [6.45, 7) is 0.370. The molecule has 3 aromatic rings. The molecule has 9 nitrogen and oxygen atoms in total. The molecule has 0 spiro atoms. The summed E-state index contributed by atoms with van der Waals surface area (Å²) in [5, 5.41) is 2.61. The van der Waals surface area contributed by atoms with E-state index in [0.29, 0.717) is 24.5 Å². The Balaban J connectivity index is 1.55. The minimum Gasteiger partial charge on any atom is -0.497 e. The van der Waals surface area contributed by atoms with Crippen LogP contribution in [0.5, 0.6) is 5.75 Å². The van der Waals surface area contributed by atoms with Gasteiger partial charge in [-0.1, -0.05) is 0 Å². The van der Waals surface area contributed by atoms with Crippen LogP contribution in [0.15, 0.2) is 82.6 Å². The SMILES string of the molecule is COc1ccc(N(CC(=O)Nc2ccc(S(=O)(=O)N3CCCC3)cc2)S(=O)(=O)c2ccc(F)cc2)cc1. The smallest absolute Gasteiger partial charge is 0.264 e. The van der Waals surface area contributed by atoms with Gasteiger partial charge in [-0.15, -0.1) is 0 Å². The summed E-state index contributed by atoms with van der Waals surface area (Å²) in [6.07, 6.45) is 1.64. The van der Waals surface area contributed by atoms with Crippen LogP contribution in [0.4, 0.5) is 15.8 Å². The fourth-order valence-corrected chi connectivity index (χ4v) is 6.85. The summed E-state index contributed by atoms with van der Waals surface area (Å²) in [6, 6.07) is 16.1. The van der Waals surface area contributed by atoms with Crippen molar-refractivity contribution in [3.63, 3.8) is 0 Å². The van der Waals surface area contributed by atoms with Gasteiger partial charge in [-0.2, -0.15) is 4.31 Å². The zero-order chi connectivity index (χ0) is 26.6. The van der Waals surface area contributed by atoms with Crippen molar-refractivity contribution in [1.82, 2.24) is 4.31 Å². The van der Waals surface area contributed by atoms with E-state index in [1.165, 1.54) is 47.8 Å². The number of amides is 1. The van der Waals surface area contributed by atoms with Crippen LogP contribution in [0.3, 0.4) is 0 Å². The van der Waals surface area contributed by atoms with E-state index in [2.05, 4.69) is 5.32 Å². The number of hydrogen-bond acceptors (Lipinski definition) is 6. The highest BCUT2D eigenvalue weighted by Crippen LogP contribution is 2.27. The van der Waals surface area contributed by atoms with Gasteiger partial charge >= 0.3 is 0 Å². The van der Waals surface area contributed by atoms with Crippen molar-refractivity contribution in [2.75, 3.05) is 36.4 Å². The van der Waals surface area contributed by atoms with Gasteiger partial charge in [0.05, 0.1) is 22.6 Å². The minimum atomic E-state index is -4.23. The van der Waals surface area contributed by atoms with Gasteiger partial charge in [-0.05, 0) is 85.6 Å². The van der Waals surface area contributed by atoms with E-state index >= 15 is 0 Å². The molecule has 0 aromatic heterocycles. The molecule has 1 amide bonds.